The molecule has 1 aliphatic heterocycles. The van der Waals surface area contributed by atoms with Crippen molar-refractivity contribution >= 4 is 29.0 Å². The van der Waals surface area contributed by atoms with Gasteiger partial charge in [0, 0.05) is 5.75 Å². The smallest absolute Gasteiger partial charge is 0.241 e. The average Bonchev–Trinajstić information content (AvgIpc) is 2.85. The van der Waals surface area contributed by atoms with Crippen molar-refractivity contribution in [3.05, 3.63) is 95.6 Å². The van der Waals surface area contributed by atoms with E-state index in [4.69, 9.17) is 0 Å². The predicted molar refractivity (Wildman–Crippen MR) is 110 cm³/mol. The van der Waals surface area contributed by atoms with E-state index in [-0.39, 0.29) is 5.91 Å². The maximum atomic E-state index is 13.2. The zero-order valence-corrected chi connectivity index (χ0v) is 15.4. The number of carbonyl (C=O) groups excluding carboxylic acids is 1. The summed E-state index contributed by atoms with van der Waals surface area (Å²) in [6, 6.07) is 26.9. The first-order valence-corrected chi connectivity index (χ1v) is 10.1. The van der Waals surface area contributed by atoms with Crippen molar-refractivity contribution in [3.63, 3.8) is 0 Å². The van der Waals surface area contributed by atoms with Crippen molar-refractivity contribution in [2.75, 3.05) is 10.7 Å². The highest BCUT2D eigenvalue weighted by atomic mass is 32.2. The molecule has 3 aromatic rings. The number of hydrogen-bond acceptors (Lipinski definition) is 2. The van der Waals surface area contributed by atoms with Crippen molar-refractivity contribution in [1.82, 2.24) is 0 Å². The van der Waals surface area contributed by atoms with Crippen molar-refractivity contribution in [2.24, 2.45) is 0 Å². The van der Waals surface area contributed by atoms with Crippen LogP contribution in [0.2, 0.25) is 0 Å². The van der Waals surface area contributed by atoms with E-state index in [9.17, 15) is 4.79 Å². The highest BCUT2D eigenvalue weighted by molar-refractivity contribution is 7.99. The molecule has 3 aromatic carbocycles. The van der Waals surface area contributed by atoms with Gasteiger partial charge in [0.25, 0.3) is 0 Å². The molecule has 0 N–H and O–H groups in total. The number of carbonyl (C=O) groups is 1. The van der Waals surface area contributed by atoms with Gasteiger partial charge in [-0.2, -0.15) is 0 Å². The molecule has 0 saturated heterocycles. The summed E-state index contributed by atoms with van der Waals surface area (Å²) in [6.45, 7) is 0. The predicted octanol–water partition coefficient (Wildman–Crippen LogP) is 5.38. The highest BCUT2D eigenvalue weighted by Gasteiger charge is 2.25. The van der Waals surface area contributed by atoms with Crippen molar-refractivity contribution < 1.29 is 4.79 Å². The lowest BCUT2D eigenvalue weighted by Gasteiger charge is -2.25. The van der Waals surface area contributed by atoms with Crippen LogP contribution >= 0.6 is 11.8 Å². The minimum absolute atomic E-state index is 0.146. The number of amides is 1. The van der Waals surface area contributed by atoms with Crippen LogP contribution in [0, 0.1) is 0 Å². The van der Waals surface area contributed by atoms with Crippen molar-refractivity contribution in [3.8, 4) is 0 Å². The van der Waals surface area contributed by atoms with Gasteiger partial charge in [-0.1, -0.05) is 66.7 Å². The summed E-state index contributed by atoms with van der Waals surface area (Å²) in [6.07, 6.45) is 1.93. The van der Waals surface area contributed by atoms with Gasteiger partial charge in [-0.05, 0) is 41.7 Å². The van der Waals surface area contributed by atoms with E-state index in [0.717, 1.165) is 30.0 Å². The molecule has 0 atom stereocenters. The summed E-state index contributed by atoms with van der Waals surface area (Å²) in [5, 5.41) is 0. The van der Waals surface area contributed by atoms with Crippen LogP contribution in [0.3, 0.4) is 0 Å². The number of nitrogens with zero attached hydrogens (tertiary/aromatic N) is 1. The molecule has 1 heterocycles. The van der Waals surface area contributed by atoms with Crippen LogP contribution in [0.15, 0.2) is 78.9 Å². The topological polar surface area (TPSA) is 20.3 Å². The Morgan fingerprint density at radius 2 is 1.31 bits per heavy atom. The van der Waals surface area contributed by atoms with E-state index in [1.165, 1.54) is 16.7 Å². The van der Waals surface area contributed by atoms with Crippen LogP contribution in [-0.2, 0) is 23.4 Å². The van der Waals surface area contributed by atoms with Gasteiger partial charge in [-0.3, -0.25) is 9.69 Å². The van der Waals surface area contributed by atoms with Crippen molar-refractivity contribution in [1.29, 1.82) is 0 Å². The SMILES string of the molecule is O=C(CSCc1ccccc1)N1c2ccccc2CCc2ccccc21. The second-order valence-electron chi connectivity index (χ2n) is 6.46. The van der Waals surface area contributed by atoms with Crippen LogP contribution < -0.4 is 4.90 Å². The Balaban J connectivity index is 1.59. The number of para-hydroxylation sites is 2. The first kappa shape index (κ1) is 16.9. The van der Waals surface area contributed by atoms with Gasteiger partial charge in [-0.15, -0.1) is 11.8 Å². The van der Waals surface area contributed by atoms with Gasteiger partial charge in [-0.25, -0.2) is 0 Å². The zero-order valence-electron chi connectivity index (χ0n) is 14.6. The molecule has 1 aliphatic rings. The van der Waals surface area contributed by atoms with E-state index >= 15 is 0 Å². The van der Waals surface area contributed by atoms with Gasteiger partial charge in [0.05, 0.1) is 17.1 Å². The summed E-state index contributed by atoms with van der Waals surface area (Å²) < 4.78 is 0. The fourth-order valence-electron chi connectivity index (χ4n) is 3.44. The second-order valence-corrected chi connectivity index (χ2v) is 7.45. The molecule has 3 heteroatoms. The van der Waals surface area contributed by atoms with Gasteiger partial charge in [0.15, 0.2) is 0 Å². The van der Waals surface area contributed by atoms with Gasteiger partial charge in [0.2, 0.25) is 5.91 Å². The fourth-order valence-corrected chi connectivity index (χ4v) is 4.28. The standard InChI is InChI=1S/C23H21NOS/c25-23(17-26-16-18-8-2-1-3-9-18)24-21-12-6-4-10-19(21)14-15-20-11-5-7-13-22(20)24/h1-13H,14-17H2. The summed E-state index contributed by atoms with van der Waals surface area (Å²) in [4.78, 5) is 15.1. The lowest BCUT2D eigenvalue weighted by Crippen LogP contribution is -2.28. The molecule has 26 heavy (non-hydrogen) atoms. The quantitative estimate of drug-likeness (QED) is 0.623. The Morgan fingerprint density at radius 1 is 0.769 bits per heavy atom. The van der Waals surface area contributed by atoms with Crippen LogP contribution in [0.5, 0.6) is 0 Å². The molecule has 0 aliphatic carbocycles. The van der Waals surface area contributed by atoms with Crippen molar-refractivity contribution in [2.45, 2.75) is 18.6 Å². The van der Waals surface area contributed by atoms with E-state index in [1.54, 1.807) is 11.8 Å². The molecule has 0 radical (unpaired) electrons. The molecule has 0 fully saturated rings. The van der Waals surface area contributed by atoms with Gasteiger partial charge >= 0.3 is 0 Å². The second kappa shape index (κ2) is 7.79. The Bertz CT molecular complexity index is 859. The first-order valence-electron chi connectivity index (χ1n) is 8.93. The summed E-state index contributed by atoms with van der Waals surface area (Å²) in [5.41, 5.74) is 5.79. The van der Waals surface area contributed by atoms with Crippen LogP contribution in [-0.4, -0.2) is 11.7 Å². The third kappa shape index (κ3) is 3.54. The number of hydrogen-bond donors (Lipinski definition) is 0. The average molecular weight is 359 g/mol. The molecule has 2 nitrogen and oxygen atoms in total. The Kier molecular flexibility index (Phi) is 5.07. The highest BCUT2D eigenvalue weighted by Crippen LogP contribution is 2.36. The van der Waals surface area contributed by atoms with Gasteiger partial charge < -0.3 is 0 Å². The molecule has 0 bridgehead atoms. The normalized spacial score (nSPS) is 12.8. The van der Waals surface area contributed by atoms with E-state index in [0.29, 0.717) is 5.75 Å². The Hall–Kier alpha value is -2.52. The molecular formula is C23H21NOS. The summed E-state index contributed by atoms with van der Waals surface area (Å²) in [5.74, 6) is 1.47. The molecule has 0 aromatic heterocycles. The summed E-state index contributed by atoms with van der Waals surface area (Å²) >= 11 is 1.67. The first-order chi connectivity index (χ1) is 12.8. The molecule has 0 saturated carbocycles. The number of benzene rings is 3. The molecule has 130 valence electrons. The Morgan fingerprint density at radius 3 is 1.92 bits per heavy atom. The van der Waals surface area contributed by atoms with Crippen LogP contribution in [0.25, 0.3) is 0 Å². The fraction of sp³-hybridized carbons (Fsp3) is 0.174. The minimum atomic E-state index is 0.146. The Labute approximate surface area is 158 Å². The van der Waals surface area contributed by atoms with E-state index < -0.39 is 0 Å². The summed E-state index contributed by atoms with van der Waals surface area (Å²) in [7, 11) is 0. The van der Waals surface area contributed by atoms with E-state index in [1.807, 2.05) is 35.2 Å². The number of thioether (sulfide) groups is 1. The lowest BCUT2D eigenvalue weighted by molar-refractivity contribution is -0.115. The number of aryl methyl sites for hydroxylation is 2. The number of rotatable bonds is 4. The maximum absolute atomic E-state index is 13.2. The molecule has 0 spiro atoms. The molecular weight excluding hydrogens is 338 g/mol. The van der Waals surface area contributed by atoms with Crippen LogP contribution in [0.4, 0.5) is 11.4 Å². The monoisotopic (exact) mass is 359 g/mol. The third-order valence-electron chi connectivity index (χ3n) is 4.72. The van der Waals surface area contributed by atoms with Gasteiger partial charge in [0.1, 0.15) is 0 Å². The maximum Gasteiger partial charge on any atom is 0.241 e. The third-order valence-corrected chi connectivity index (χ3v) is 5.70. The largest absolute Gasteiger partial charge is 0.280 e. The minimum Gasteiger partial charge on any atom is -0.280 e. The molecule has 1 amide bonds. The number of fused-ring (bicyclic) bond motifs is 2. The zero-order chi connectivity index (χ0) is 17.8. The van der Waals surface area contributed by atoms with Crippen LogP contribution in [0.1, 0.15) is 16.7 Å². The molecule has 0 unspecified atom stereocenters. The van der Waals surface area contributed by atoms with E-state index in [2.05, 4.69) is 48.5 Å². The molecule has 4 rings (SSSR count). The lowest BCUT2D eigenvalue weighted by atomic mass is 10.0. The number of anilines is 2.